The number of hydrogen-bond donors (Lipinski definition) is 2. The topological polar surface area (TPSA) is 69.6 Å². The Morgan fingerprint density at radius 1 is 1.30 bits per heavy atom. The molecular weight excluding hydrogens is 312 g/mol. The van der Waals surface area contributed by atoms with Gasteiger partial charge in [-0.15, -0.1) is 0 Å². The number of aliphatic carboxylic acids is 1. The number of carboxylic acids is 1. The number of nitrogens with zero attached hydrogens (tertiary/aromatic N) is 1. The van der Waals surface area contributed by atoms with Gasteiger partial charge in [-0.25, -0.2) is 0 Å². The minimum atomic E-state index is -0.790. The quantitative estimate of drug-likeness (QED) is 0.798. The van der Waals surface area contributed by atoms with E-state index >= 15 is 0 Å². The predicted molar refractivity (Wildman–Crippen MR) is 92.9 cm³/mol. The van der Waals surface area contributed by atoms with Crippen molar-refractivity contribution >= 4 is 23.6 Å². The first kappa shape index (κ1) is 17.8. The van der Waals surface area contributed by atoms with Crippen LogP contribution in [0.3, 0.4) is 0 Å². The normalized spacial score (nSPS) is 17.0. The summed E-state index contributed by atoms with van der Waals surface area (Å²) in [6.07, 6.45) is 4.19. The molecule has 1 amide bonds. The summed E-state index contributed by atoms with van der Waals surface area (Å²) < 4.78 is 0. The van der Waals surface area contributed by atoms with Gasteiger partial charge >= 0.3 is 5.97 Å². The number of benzene rings is 1. The lowest BCUT2D eigenvalue weighted by Crippen LogP contribution is -2.50. The second-order valence-corrected chi connectivity index (χ2v) is 6.76. The van der Waals surface area contributed by atoms with Crippen LogP contribution in [0.4, 0.5) is 0 Å². The standard InChI is InChI=1S/C17H24N2O3S/c1-23-12-9-15(17(21)22)18-14-7-10-19(11-8-14)16(20)13-5-3-2-4-6-13/h2-6,14-15,18H,7-12H2,1H3,(H,21,22)/t15-/m0/s1. The lowest BCUT2D eigenvalue weighted by molar-refractivity contribution is -0.139. The van der Waals surface area contributed by atoms with Gasteiger partial charge in [0.2, 0.25) is 0 Å². The van der Waals surface area contributed by atoms with Crippen LogP contribution < -0.4 is 5.32 Å². The molecule has 126 valence electrons. The van der Waals surface area contributed by atoms with Gasteiger partial charge in [-0.1, -0.05) is 18.2 Å². The molecule has 1 aromatic rings. The van der Waals surface area contributed by atoms with Crippen LogP contribution in [0.15, 0.2) is 30.3 Å². The van der Waals surface area contributed by atoms with Crippen LogP contribution in [0.25, 0.3) is 0 Å². The fourth-order valence-corrected chi connectivity index (χ4v) is 3.28. The van der Waals surface area contributed by atoms with Crippen molar-refractivity contribution in [1.29, 1.82) is 0 Å². The van der Waals surface area contributed by atoms with Gasteiger partial charge in [0.25, 0.3) is 5.91 Å². The summed E-state index contributed by atoms with van der Waals surface area (Å²) in [7, 11) is 0. The summed E-state index contributed by atoms with van der Waals surface area (Å²) >= 11 is 1.66. The van der Waals surface area contributed by atoms with Crippen LogP contribution in [0, 0.1) is 0 Å². The van der Waals surface area contributed by atoms with Gasteiger partial charge < -0.3 is 15.3 Å². The fraction of sp³-hybridized carbons (Fsp3) is 0.529. The molecule has 5 nitrogen and oxygen atoms in total. The molecule has 1 aliphatic heterocycles. The Balaban J connectivity index is 1.83. The lowest BCUT2D eigenvalue weighted by atomic mass is 10.0. The molecule has 0 saturated carbocycles. The number of carbonyl (C=O) groups excluding carboxylic acids is 1. The second-order valence-electron chi connectivity index (χ2n) is 5.77. The number of amides is 1. The van der Waals surface area contributed by atoms with Crippen LogP contribution in [-0.4, -0.2) is 59.1 Å². The van der Waals surface area contributed by atoms with Crippen LogP contribution in [-0.2, 0) is 4.79 Å². The number of nitrogens with one attached hydrogen (secondary N) is 1. The Hall–Kier alpha value is -1.53. The van der Waals surface area contributed by atoms with Crippen molar-refractivity contribution in [2.75, 3.05) is 25.1 Å². The zero-order valence-corrected chi connectivity index (χ0v) is 14.2. The summed E-state index contributed by atoms with van der Waals surface area (Å²) in [4.78, 5) is 25.5. The highest BCUT2D eigenvalue weighted by Gasteiger charge is 2.27. The maximum Gasteiger partial charge on any atom is 0.320 e. The van der Waals surface area contributed by atoms with Gasteiger partial charge in [-0.3, -0.25) is 9.59 Å². The molecule has 1 fully saturated rings. The Morgan fingerprint density at radius 3 is 2.52 bits per heavy atom. The summed E-state index contributed by atoms with van der Waals surface area (Å²) in [5.74, 6) is 0.0954. The molecule has 1 aromatic carbocycles. The second kappa shape index (κ2) is 8.93. The molecule has 23 heavy (non-hydrogen) atoms. The first-order valence-electron chi connectivity index (χ1n) is 7.94. The fourth-order valence-electron chi connectivity index (χ4n) is 2.81. The molecule has 0 radical (unpaired) electrons. The molecule has 1 atom stereocenters. The first-order chi connectivity index (χ1) is 11.1. The molecule has 6 heteroatoms. The van der Waals surface area contributed by atoms with E-state index in [0.717, 1.165) is 18.6 Å². The Labute approximate surface area is 141 Å². The molecule has 0 bridgehead atoms. The number of likely N-dealkylation sites (tertiary alicyclic amines) is 1. The largest absolute Gasteiger partial charge is 0.480 e. The van der Waals surface area contributed by atoms with Crippen molar-refractivity contribution < 1.29 is 14.7 Å². The molecular formula is C17H24N2O3S. The zero-order chi connectivity index (χ0) is 16.7. The summed E-state index contributed by atoms with van der Waals surface area (Å²) in [6.45, 7) is 1.33. The highest BCUT2D eigenvalue weighted by Crippen LogP contribution is 2.15. The van der Waals surface area contributed by atoms with Crippen LogP contribution >= 0.6 is 11.8 Å². The number of carboxylic acid groups (broad SMARTS) is 1. The summed E-state index contributed by atoms with van der Waals surface area (Å²) in [5.41, 5.74) is 0.710. The van der Waals surface area contributed by atoms with Crippen molar-refractivity contribution in [2.24, 2.45) is 0 Å². The SMILES string of the molecule is CSCC[C@H](NC1CCN(C(=O)c2ccccc2)CC1)C(=O)O. The number of rotatable bonds is 7. The molecule has 2 rings (SSSR count). The number of piperidine rings is 1. The summed E-state index contributed by atoms with van der Waals surface area (Å²) in [6, 6.07) is 8.95. The molecule has 0 spiro atoms. The van der Waals surface area contributed by atoms with Gasteiger partial charge in [0.1, 0.15) is 6.04 Å². The van der Waals surface area contributed by atoms with E-state index in [2.05, 4.69) is 5.32 Å². The summed E-state index contributed by atoms with van der Waals surface area (Å²) in [5, 5.41) is 12.5. The molecule has 0 aliphatic carbocycles. The van der Waals surface area contributed by atoms with Gasteiger partial charge in [-0.2, -0.15) is 11.8 Å². The van der Waals surface area contributed by atoms with Crippen molar-refractivity contribution in [3.8, 4) is 0 Å². The molecule has 1 saturated heterocycles. The maximum atomic E-state index is 12.4. The molecule has 1 heterocycles. The highest BCUT2D eigenvalue weighted by atomic mass is 32.2. The van der Waals surface area contributed by atoms with E-state index in [4.69, 9.17) is 0 Å². The van der Waals surface area contributed by atoms with Gasteiger partial charge in [0.05, 0.1) is 0 Å². The minimum absolute atomic E-state index is 0.0567. The van der Waals surface area contributed by atoms with Gasteiger partial charge in [0.15, 0.2) is 0 Å². The smallest absolute Gasteiger partial charge is 0.320 e. The first-order valence-corrected chi connectivity index (χ1v) is 9.33. The molecule has 2 N–H and O–H groups in total. The Kier molecular flexibility index (Phi) is 6.92. The van der Waals surface area contributed by atoms with Crippen molar-refractivity contribution in [3.05, 3.63) is 35.9 Å². The average molecular weight is 336 g/mol. The number of carbonyl (C=O) groups is 2. The van der Waals surface area contributed by atoms with E-state index in [9.17, 15) is 14.7 Å². The third kappa shape index (κ3) is 5.25. The third-order valence-corrected chi connectivity index (χ3v) is 4.79. The van der Waals surface area contributed by atoms with E-state index in [1.165, 1.54) is 0 Å². The monoisotopic (exact) mass is 336 g/mol. The van der Waals surface area contributed by atoms with E-state index in [0.29, 0.717) is 25.1 Å². The molecule has 1 aliphatic rings. The zero-order valence-electron chi connectivity index (χ0n) is 13.4. The highest BCUT2D eigenvalue weighted by molar-refractivity contribution is 7.98. The van der Waals surface area contributed by atoms with E-state index in [1.807, 2.05) is 41.5 Å². The third-order valence-electron chi connectivity index (χ3n) is 4.15. The minimum Gasteiger partial charge on any atom is -0.480 e. The molecule has 0 unspecified atom stereocenters. The van der Waals surface area contributed by atoms with Crippen molar-refractivity contribution in [2.45, 2.75) is 31.3 Å². The van der Waals surface area contributed by atoms with E-state index < -0.39 is 12.0 Å². The van der Waals surface area contributed by atoms with Crippen molar-refractivity contribution in [3.63, 3.8) is 0 Å². The Morgan fingerprint density at radius 2 is 1.96 bits per heavy atom. The Bertz CT molecular complexity index is 516. The predicted octanol–water partition coefficient (Wildman–Crippen LogP) is 2.09. The van der Waals surface area contributed by atoms with E-state index in [-0.39, 0.29) is 11.9 Å². The lowest BCUT2D eigenvalue weighted by Gasteiger charge is -2.34. The molecule has 0 aromatic heterocycles. The number of hydrogen-bond acceptors (Lipinski definition) is 4. The van der Waals surface area contributed by atoms with Gasteiger partial charge in [0, 0.05) is 24.7 Å². The van der Waals surface area contributed by atoms with Crippen LogP contribution in [0.2, 0.25) is 0 Å². The van der Waals surface area contributed by atoms with Crippen LogP contribution in [0.5, 0.6) is 0 Å². The van der Waals surface area contributed by atoms with E-state index in [1.54, 1.807) is 11.8 Å². The van der Waals surface area contributed by atoms with Crippen LogP contribution in [0.1, 0.15) is 29.6 Å². The van der Waals surface area contributed by atoms with Crippen molar-refractivity contribution in [1.82, 2.24) is 10.2 Å². The number of thioether (sulfide) groups is 1. The maximum absolute atomic E-state index is 12.4. The van der Waals surface area contributed by atoms with Gasteiger partial charge in [-0.05, 0) is 43.4 Å². The average Bonchev–Trinajstić information content (AvgIpc) is 2.59.